The highest BCUT2D eigenvalue weighted by Gasteiger charge is 2.20. The van der Waals surface area contributed by atoms with Gasteiger partial charge < -0.3 is 15.1 Å². The molecule has 2 N–H and O–H groups in total. The summed E-state index contributed by atoms with van der Waals surface area (Å²) >= 11 is 13.7. The van der Waals surface area contributed by atoms with E-state index in [1.54, 1.807) is 16.2 Å². The van der Waals surface area contributed by atoms with Gasteiger partial charge in [-0.15, -0.1) is 11.3 Å². The molecule has 28 heavy (non-hydrogen) atoms. The smallest absolute Gasteiger partial charge is 0.173 e. The molecule has 0 aliphatic carbocycles. The summed E-state index contributed by atoms with van der Waals surface area (Å²) in [5.74, 6) is 0.863. The molecule has 1 fully saturated rings. The van der Waals surface area contributed by atoms with Crippen LogP contribution in [0, 0.1) is 12.8 Å². The Morgan fingerprint density at radius 3 is 2.96 bits per heavy atom. The van der Waals surface area contributed by atoms with Gasteiger partial charge in [-0.05, 0) is 67.2 Å². The second-order valence-corrected chi connectivity index (χ2v) is 9.78. The molecular formula is C22H31ClN3S2+. The summed E-state index contributed by atoms with van der Waals surface area (Å²) in [7, 11) is 0. The number of halogens is 1. The molecule has 1 aromatic carbocycles. The number of anilines is 1. The molecule has 0 spiro atoms. The average molecular weight is 437 g/mol. The third-order valence-electron chi connectivity index (χ3n) is 5.45. The first kappa shape index (κ1) is 21.6. The molecule has 1 aliphatic rings. The highest BCUT2D eigenvalue weighted by atomic mass is 35.5. The summed E-state index contributed by atoms with van der Waals surface area (Å²) in [6, 6.07) is 10.3. The van der Waals surface area contributed by atoms with Gasteiger partial charge in [-0.25, -0.2) is 0 Å². The number of aryl methyl sites for hydroxylation is 1. The summed E-state index contributed by atoms with van der Waals surface area (Å²) in [6.45, 7) is 10.1. The van der Waals surface area contributed by atoms with Gasteiger partial charge in [0, 0.05) is 34.5 Å². The van der Waals surface area contributed by atoms with Gasteiger partial charge in [0.05, 0.1) is 26.2 Å². The number of benzene rings is 1. The predicted molar refractivity (Wildman–Crippen MR) is 126 cm³/mol. The fourth-order valence-corrected chi connectivity index (χ4v) is 5.02. The lowest BCUT2D eigenvalue weighted by Crippen LogP contribution is -3.13. The minimum absolute atomic E-state index is 0.783. The Hall–Kier alpha value is -1.14. The van der Waals surface area contributed by atoms with Gasteiger partial charge in [-0.1, -0.05) is 24.6 Å². The molecule has 1 saturated heterocycles. The number of nitrogens with zero attached hydrogens (tertiary/aromatic N) is 1. The van der Waals surface area contributed by atoms with Crippen LogP contribution < -0.4 is 10.2 Å². The number of likely N-dealkylation sites (tertiary alicyclic amines) is 1. The summed E-state index contributed by atoms with van der Waals surface area (Å²) in [4.78, 5) is 5.40. The van der Waals surface area contributed by atoms with Crippen molar-refractivity contribution < 1.29 is 4.90 Å². The first-order valence-electron chi connectivity index (χ1n) is 10.2. The van der Waals surface area contributed by atoms with Crippen LogP contribution in [0.3, 0.4) is 0 Å². The molecule has 0 saturated carbocycles. The third kappa shape index (κ3) is 6.45. The number of quaternary nitrogens is 1. The molecule has 0 radical (unpaired) electrons. The summed E-state index contributed by atoms with van der Waals surface area (Å²) in [6.07, 6.45) is 3.92. The maximum absolute atomic E-state index is 6.16. The minimum Gasteiger partial charge on any atom is -0.344 e. The molecule has 2 unspecified atom stereocenters. The molecular weight excluding hydrogens is 406 g/mol. The van der Waals surface area contributed by atoms with Gasteiger partial charge in [-0.2, -0.15) is 0 Å². The molecule has 2 aromatic rings. The van der Waals surface area contributed by atoms with E-state index in [2.05, 4.69) is 40.7 Å². The SMILES string of the molecule is Cc1cc(NC(=S)N(CCC[NH+]2CCCC(C)C2)Cc2cccs2)ccc1Cl. The standard InChI is InChI=1S/C22H30ClN3S2/c1-17-6-3-10-25(15-17)11-5-12-26(16-20-7-4-13-28-20)22(27)24-19-8-9-21(23)18(2)14-19/h4,7-9,13-14,17H,3,5-6,10-12,15-16H2,1-2H3,(H,24,27)/p+1. The average Bonchev–Trinajstić information content (AvgIpc) is 3.17. The Balaban J connectivity index is 1.58. The number of rotatable bonds is 7. The van der Waals surface area contributed by atoms with Crippen LogP contribution >= 0.6 is 35.2 Å². The lowest BCUT2D eigenvalue weighted by atomic mass is 10.0. The Kier molecular flexibility index (Phi) is 8.15. The fraction of sp³-hybridized carbons (Fsp3) is 0.500. The second-order valence-electron chi connectivity index (χ2n) is 7.95. The summed E-state index contributed by atoms with van der Waals surface area (Å²) in [5, 5.41) is 7.12. The Labute approximate surface area is 183 Å². The van der Waals surface area contributed by atoms with Crippen LogP contribution in [-0.2, 0) is 6.54 Å². The van der Waals surface area contributed by atoms with Gasteiger partial charge >= 0.3 is 0 Å². The topological polar surface area (TPSA) is 19.7 Å². The zero-order valence-electron chi connectivity index (χ0n) is 16.8. The number of hydrogen-bond acceptors (Lipinski definition) is 2. The molecule has 2 atom stereocenters. The van der Waals surface area contributed by atoms with Crippen LogP contribution in [0.1, 0.15) is 36.6 Å². The van der Waals surface area contributed by atoms with Gasteiger partial charge in [0.25, 0.3) is 0 Å². The van der Waals surface area contributed by atoms with E-state index in [9.17, 15) is 0 Å². The van der Waals surface area contributed by atoms with Gasteiger partial charge in [0.15, 0.2) is 5.11 Å². The van der Waals surface area contributed by atoms with E-state index in [-0.39, 0.29) is 0 Å². The van der Waals surface area contributed by atoms with Crippen LogP contribution in [0.25, 0.3) is 0 Å². The molecule has 152 valence electrons. The van der Waals surface area contributed by atoms with Crippen LogP contribution in [0.5, 0.6) is 0 Å². The van der Waals surface area contributed by atoms with Crippen molar-refractivity contribution in [2.75, 3.05) is 31.5 Å². The van der Waals surface area contributed by atoms with Crippen molar-refractivity contribution in [1.82, 2.24) is 4.90 Å². The van der Waals surface area contributed by atoms with Crippen LogP contribution in [0.4, 0.5) is 5.69 Å². The Bertz CT molecular complexity index is 763. The maximum atomic E-state index is 6.16. The van der Waals surface area contributed by atoms with Crippen LogP contribution in [0.2, 0.25) is 5.02 Å². The molecule has 0 bridgehead atoms. The zero-order valence-corrected chi connectivity index (χ0v) is 19.2. The second kappa shape index (κ2) is 10.6. The van der Waals surface area contributed by atoms with E-state index in [0.29, 0.717) is 0 Å². The van der Waals surface area contributed by atoms with E-state index in [4.69, 9.17) is 23.8 Å². The Morgan fingerprint density at radius 1 is 1.39 bits per heavy atom. The number of thiocarbonyl (C=S) groups is 1. The Morgan fingerprint density at radius 2 is 2.25 bits per heavy atom. The molecule has 1 aliphatic heterocycles. The van der Waals surface area contributed by atoms with E-state index in [0.717, 1.165) is 46.8 Å². The maximum Gasteiger partial charge on any atom is 0.173 e. The van der Waals surface area contributed by atoms with Crippen LogP contribution in [0.15, 0.2) is 35.7 Å². The predicted octanol–water partition coefficient (Wildman–Crippen LogP) is 4.61. The minimum atomic E-state index is 0.783. The van der Waals surface area contributed by atoms with Crippen molar-refractivity contribution >= 4 is 46.0 Å². The highest BCUT2D eigenvalue weighted by molar-refractivity contribution is 7.80. The number of hydrogen-bond donors (Lipinski definition) is 2. The molecule has 6 heteroatoms. The lowest BCUT2D eigenvalue weighted by molar-refractivity contribution is -0.908. The summed E-state index contributed by atoms with van der Waals surface area (Å²) < 4.78 is 0. The molecule has 1 aromatic heterocycles. The van der Waals surface area contributed by atoms with Crippen molar-refractivity contribution in [3.05, 3.63) is 51.2 Å². The number of piperidine rings is 1. The third-order valence-corrected chi connectivity index (χ3v) is 7.09. The number of nitrogens with one attached hydrogen (secondary N) is 2. The van der Waals surface area contributed by atoms with Crippen molar-refractivity contribution in [2.24, 2.45) is 5.92 Å². The lowest BCUT2D eigenvalue weighted by Gasteiger charge is -2.30. The van der Waals surface area contributed by atoms with Crippen LogP contribution in [-0.4, -0.2) is 36.2 Å². The fourth-order valence-electron chi connectivity index (χ4n) is 3.91. The van der Waals surface area contributed by atoms with Crippen molar-refractivity contribution in [3.63, 3.8) is 0 Å². The molecule has 3 rings (SSSR count). The normalized spacial score (nSPS) is 19.4. The number of thiophene rings is 1. The highest BCUT2D eigenvalue weighted by Crippen LogP contribution is 2.20. The van der Waals surface area contributed by atoms with E-state index in [1.165, 1.54) is 37.4 Å². The van der Waals surface area contributed by atoms with E-state index in [1.807, 2.05) is 19.1 Å². The van der Waals surface area contributed by atoms with Crippen molar-refractivity contribution in [1.29, 1.82) is 0 Å². The first-order valence-corrected chi connectivity index (χ1v) is 11.9. The van der Waals surface area contributed by atoms with Gasteiger partial charge in [-0.3, -0.25) is 0 Å². The quantitative estimate of drug-likeness (QED) is 0.618. The molecule has 0 amide bonds. The largest absolute Gasteiger partial charge is 0.344 e. The molecule has 2 heterocycles. The monoisotopic (exact) mass is 436 g/mol. The van der Waals surface area contributed by atoms with Crippen molar-refractivity contribution in [3.8, 4) is 0 Å². The van der Waals surface area contributed by atoms with Crippen molar-refractivity contribution in [2.45, 2.75) is 39.7 Å². The van der Waals surface area contributed by atoms with Gasteiger partial charge in [0.1, 0.15) is 0 Å². The first-order chi connectivity index (χ1) is 13.5. The van der Waals surface area contributed by atoms with E-state index < -0.39 is 0 Å². The molecule has 3 nitrogen and oxygen atoms in total. The summed E-state index contributed by atoms with van der Waals surface area (Å²) in [5.41, 5.74) is 2.06. The van der Waals surface area contributed by atoms with E-state index >= 15 is 0 Å². The zero-order chi connectivity index (χ0) is 19.9. The van der Waals surface area contributed by atoms with Gasteiger partial charge in [0.2, 0.25) is 0 Å².